The molecule has 2 heterocycles. The van der Waals surface area contributed by atoms with Gasteiger partial charge in [-0.2, -0.15) is 5.10 Å². The van der Waals surface area contributed by atoms with Crippen LogP contribution in [0.4, 0.5) is 0 Å². The number of carbonyl (C=O) groups is 2. The molecule has 6 heteroatoms. The van der Waals surface area contributed by atoms with Gasteiger partial charge in [0.25, 0.3) is 0 Å². The normalized spacial score (nSPS) is 27.9. The Balaban J connectivity index is 1.71. The molecule has 142 valence electrons. The summed E-state index contributed by atoms with van der Waals surface area (Å²) in [5, 5.41) is 12.8. The van der Waals surface area contributed by atoms with Crippen LogP contribution >= 0.6 is 0 Å². The van der Waals surface area contributed by atoms with E-state index in [-0.39, 0.29) is 18.4 Å². The summed E-state index contributed by atoms with van der Waals surface area (Å²) in [5.41, 5.74) is 2.64. The number of hydrazone groups is 1. The highest BCUT2D eigenvalue weighted by Crippen LogP contribution is 2.44. The number of unbranched alkanes of at least 4 members (excludes halogenated alkanes) is 4. The van der Waals surface area contributed by atoms with Crippen molar-refractivity contribution in [2.45, 2.75) is 89.8 Å². The van der Waals surface area contributed by atoms with Crippen LogP contribution in [-0.2, 0) is 14.3 Å². The lowest BCUT2D eigenvalue weighted by Gasteiger charge is -2.25. The standard InChI is InChI=1S/C19H32N2O4/c1-2-3-9-18(22)21-20-13-15-14(16-11-12-17(15)25-16)8-6-4-5-7-10-19(23)24/h13-17H,2-12H2,1H3,(H,21,22)(H,23,24). The van der Waals surface area contributed by atoms with Gasteiger partial charge in [0, 0.05) is 25.0 Å². The molecule has 6 nitrogen and oxygen atoms in total. The number of hydrogen-bond donors (Lipinski definition) is 2. The van der Waals surface area contributed by atoms with Crippen LogP contribution in [0.1, 0.15) is 77.6 Å². The molecule has 1 amide bonds. The van der Waals surface area contributed by atoms with Gasteiger partial charge in [-0.15, -0.1) is 0 Å². The Hall–Kier alpha value is -1.43. The van der Waals surface area contributed by atoms with Crippen LogP contribution in [0.3, 0.4) is 0 Å². The SMILES string of the molecule is CCCCC(=O)NN=CC1C2CCC(O2)C1CCCCCCC(=O)O. The minimum atomic E-state index is -0.709. The van der Waals surface area contributed by atoms with Gasteiger partial charge in [0.05, 0.1) is 12.2 Å². The molecule has 0 aromatic carbocycles. The monoisotopic (exact) mass is 352 g/mol. The van der Waals surface area contributed by atoms with E-state index < -0.39 is 5.97 Å². The molecule has 0 aliphatic carbocycles. The lowest BCUT2D eigenvalue weighted by Crippen LogP contribution is -2.29. The average Bonchev–Trinajstić information content (AvgIpc) is 3.18. The molecule has 0 aromatic heterocycles. The van der Waals surface area contributed by atoms with Crippen molar-refractivity contribution >= 4 is 18.1 Å². The predicted molar refractivity (Wildman–Crippen MR) is 96.4 cm³/mol. The highest BCUT2D eigenvalue weighted by Gasteiger charge is 2.47. The van der Waals surface area contributed by atoms with E-state index in [4.69, 9.17) is 9.84 Å². The Morgan fingerprint density at radius 3 is 2.64 bits per heavy atom. The van der Waals surface area contributed by atoms with Crippen molar-refractivity contribution in [3.63, 3.8) is 0 Å². The van der Waals surface area contributed by atoms with Crippen molar-refractivity contribution in [1.29, 1.82) is 0 Å². The molecule has 0 saturated carbocycles. The van der Waals surface area contributed by atoms with E-state index in [0.29, 0.717) is 24.4 Å². The van der Waals surface area contributed by atoms with Crippen LogP contribution in [0.5, 0.6) is 0 Å². The zero-order chi connectivity index (χ0) is 18.1. The van der Waals surface area contributed by atoms with Crippen LogP contribution in [0.25, 0.3) is 0 Å². The van der Waals surface area contributed by atoms with Crippen LogP contribution in [0, 0.1) is 11.8 Å². The van der Waals surface area contributed by atoms with Gasteiger partial charge in [-0.05, 0) is 38.0 Å². The topological polar surface area (TPSA) is 88.0 Å². The summed E-state index contributed by atoms with van der Waals surface area (Å²) in [6.07, 6.45) is 12.4. The molecule has 0 aromatic rings. The summed E-state index contributed by atoms with van der Waals surface area (Å²) in [6.45, 7) is 2.06. The molecule has 2 aliphatic heterocycles. The van der Waals surface area contributed by atoms with Gasteiger partial charge in [0.2, 0.25) is 5.91 Å². The highest BCUT2D eigenvalue weighted by atomic mass is 16.5. The molecule has 0 spiro atoms. The highest BCUT2D eigenvalue weighted by molar-refractivity contribution is 5.77. The van der Waals surface area contributed by atoms with Gasteiger partial charge in [-0.1, -0.05) is 32.6 Å². The number of hydrogen-bond acceptors (Lipinski definition) is 4. The summed E-state index contributed by atoms with van der Waals surface area (Å²) >= 11 is 0. The molecule has 2 fully saturated rings. The maximum absolute atomic E-state index is 11.6. The van der Waals surface area contributed by atoms with Crippen LogP contribution in [0.15, 0.2) is 5.10 Å². The number of carboxylic acid groups (broad SMARTS) is 1. The van der Waals surface area contributed by atoms with Crippen LogP contribution in [0.2, 0.25) is 0 Å². The van der Waals surface area contributed by atoms with Crippen molar-refractivity contribution in [1.82, 2.24) is 5.43 Å². The largest absolute Gasteiger partial charge is 0.481 e. The smallest absolute Gasteiger partial charge is 0.303 e. The molecular weight excluding hydrogens is 320 g/mol. The van der Waals surface area contributed by atoms with E-state index in [1.165, 1.54) is 0 Å². The number of aliphatic carboxylic acids is 1. The molecule has 2 rings (SSSR count). The minimum absolute atomic E-state index is 0.0165. The van der Waals surface area contributed by atoms with Gasteiger partial charge in [0.15, 0.2) is 0 Å². The third-order valence-corrected chi connectivity index (χ3v) is 5.36. The fourth-order valence-corrected chi connectivity index (χ4v) is 3.99. The van der Waals surface area contributed by atoms with E-state index in [2.05, 4.69) is 17.5 Å². The quantitative estimate of drug-likeness (QED) is 0.320. The van der Waals surface area contributed by atoms with Crippen molar-refractivity contribution in [2.75, 3.05) is 0 Å². The summed E-state index contributed by atoms with van der Waals surface area (Å²) in [6, 6.07) is 0. The van der Waals surface area contributed by atoms with E-state index in [1.54, 1.807) is 0 Å². The van der Waals surface area contributed by atoms with Gasteiger partial charge < -0.3 is 9.84 Å². The summed E-state index contributed by atoms with van der Waals surface area (Å²) in [7, 11) is 0. The molecule has 25 heavy (non-hydrogen) atoms. The first-order chi connectivity index (χ1) is 12.1. The first kappa shape index (κ1) is 19.9. The van der Waals surface area contributed by atoms with E-state index >= 15 is 0 Å². The maximum Gasteiger partial charge on any atom is 0.303 e. The summed E-state index contributed by atoms with van der Waals surface area (Å²) in [4.78, 5) is 22.2. The van der Waals surface area contributed by atoms with Gasteiger partial charge in [-0.3, -0.25) is 9.59 Å². The fraction of sp³-hybridized carbons (Fsp3) is 0.842. The summed E-state index contributed by atoms with van der Waals surface area (Å²) in [5.74, 6) is 0.0506. The Kier molecular flexibility index (Phi) is 8.38. The zero-order valence-corrected chi connectivity index (χ0v) is 15.3. The molecule has 4 unspecified atom stereocenters. The Morgan fingerprint density at radius 1 is 1.12 bits per heavy atom. The summed E-state index contributed by atoms with van der Waals surface area (Å²) < 4.78 is 6.05. The van der Waals surface area contributed by atoms with Crippen molar-refractivity contribution in [3.05, 3.63) is 0 Å². The number of nitrogens with one attached hydrogen (secondary N) is 1. The van der Waals surface area contributed by atoms with Gasteiger partial charge in [-0.25, -0.2) is 5.43 Å². The van der Waals surface area contributed by atoms with Crippen molar-refractivity contribution in [3.8, 4) is 0 Å². The zero-order valence-electron chi connectivity index (χ0n) is 15.3. The first-order valence-corrected chi connectivity index (χ1v) is 9.81. The van der Waals surface area contributed by atoms with Gasteiger partial charge >= 0.3 is 5.97 Å². The number of ether oxygens (including phenoxy) is 1. The van der Waals surface area contributed by atoms with Crippen molar-refractivity contribution < 1.29 is 19.4 Å². The minimum Gasteiger partial charge on any atom is -0.481 e. The maximum atomic E-state index is 11.6. The van der Waals surface area contributed by atoms with E-state index in [0.717, 1.165) is 57.8 Å². The molecule has 4 atom stereocenters. The number of rotatable bonds is 12. The molecule has 2 N–H and O–H groups in total. The Labute approximate surface area is 150 Å². The predicted octanol–water partition coefficient (Wildman–Crippen LogP) is 3.50. The van der Waals surface area contributed by atoms with Crippen LogP contribution < -0.4 is 5.43 Å². The number of nitrogens with zero attached hydrogens (tertiary/aromatic N) is 1. The molecule has 2 aliphatic rings. The second-order valence-electron chi connectivity index (χ2n) is 7.29. The third-order valence-electron chi connectivity index (χ3n) is 5.36. The number of fused-ring (bicyclic) bond motifs is 2. The second kappa shape index (κ2) is 10.5. The first-order valence-electron chi connectivity index (χ1n) is 9.81. The third kappa shape index (κ3) is 6.42. The molecule has 0 radical (unpaired) electrons. The van der Waals surface area contributed by atoms with E-state index in [9.17, 15) is 9.59 Å². The molecular formula is C19H32N2O4. The van der Waals surface area contributed by atoms with Crippen LogP contribution in [-0.4, -0.2) is 35.4 Å². The fourth-order valence-electron chi connectivity index (χ4n) is 3.99. The number of carboxylic acids is 1. The lowest BCUT2D eigenvalue weighted by atomic mass is 9.77. The lowest BCUT2D eigenvalue weighted by molar-refractivity contribution is -0.137. The molecule has 2 bridgehead atoms. The molecule has 2 saturated heterocycles. The van der Waals surface area contributed by atoms with E-state index in [1.807, 2.05) is 6.21 Å². The van der Waals surface area contributed by atoms with Gasteiger partial charge in [0.1, 0.15) is 0 Å². The number of carbonyl (C=O) groups excluding carboxylic acids is 1. The second-order valence-corrected chi connectivity index (χ2v) is 7.29. The number of amides is 1. The average molecular weight is 352 g/mol. The Bertz CT molecular complexity index is 466. The Morgan fingerprint density at radius 2 is 1.88 bits per heavy atom. The van der Waals surface area contributed by atoms with Crippen molar-refractivity contribution in [2.24, 2.45) is 16.9 Å².